The van der Waals surface area contributed by atoms with E-state index in [1.54, 1.807) is 31.4 Å². The summed E-state index contributed by atoms with van der Waals surface area (Å²) in [6, 6.07) is 19.5. The van der Waals surface area contributed by atoms with Gasteiger partial charge in [0.05, 0.1) is 32.2 Å². The molecule has 45 heavy (non-hydrogen) atoms. The van der Waals surface area contributed by atoms with Crippen molar-refractivity contribution in [2.24, 2.45) is 0 Å². The van der Waals surface area contributed by atoms with E-state index >= 15 is 0 Å². The number of ether oxygens (including phenoxy) is 3. The Morgan fingerprint density at radius 3 is 2.51 bits per heavy atom. The molecule has 0 aromatic heterocycles. The molecule has 0 saturated heterocycles. The zero-order valence-corrected chi connectivity index (χ0v) is 25.6. The molecule has 0 saturated carbocycles. The van der Waals surface area contributed by atoms with Gasteiger partial charge in [-0.1, -0.05) is 48.5 Å². The Labute approximate surface area is 263 Å². The summed E-state index contributed by atoms with van der Waals surface area (Å²) in [6.07, 6.45) is 1.14. The van der Waals surface area contributed by atoms with Crippen LogP contribution >= 0.6 is 0 Å². The Kier molecular flexibility index (Phi) is 12.2. The summed E-state index contributed by atoms with van der Waals surface area (Å²) in [5.74, 6) is -0.395. The summed E-state index contributed by atoms with van der Waals surface area (Å²) in [5.41, 5.74) is 2.08. The van der Waals surface area contributed by atoms with Crippen LogP contribution in [-0.4, -0.2) is 69.1 Å². The number of benzene rings is 3. The number of aryl methyl sites for hydroxylation is 1. The third-order valence-electron chi connectivity index (χ3n) is 7.21. The molecule has 2 atom stereocenters. The minimum Gasteiger partial charge on any atom is -0.493 e. The highest BCUT2D eigenvalue weighted by Gasteiger charge is 2.28. The molecule has 1 aliphatic rings. The first kappa shape index (κ1) is 32.8. The molecule has 0 aliphatic carbocycles. The molecule has 11 nitrogen and oxygen atoms in total. The maximum Gasteiger partial charge on any atom is 0.255 e. The molecule has 0 unspecified atom stereocenters. The zero-order chi connectivity index (χ0) is 32.0. The highest BCUT2D eigenvalue weighted by atomic mass is 16.5. The Bertz CT molecular complexity index is 1460. The molecule has 0 spiro atoms. The van der Waals surface area contributed by atoms with Crippen molar-refractivity contribution in [3.63, 3.8) is 0 Å². The lowest BCUT2D eigenvalue weighted by Gasteiger charge is -2.23. The van der Waals surface area contributed by atoms with Gasteiger partial charge in [-0.25, -0.2) is 0 Å². The van der Waals surface area contributed by atoms with E-state index in [1.165, 1.54) is 0 Å². The van der Waals surface area contributed by atoms with E-state index < -0.39 is 29.8 Å². The number of nitrogens with one attached hydrogen (secondary N) is 4. The minimum absolute atomic E-state index is 0.103. The van der Waals surface area contributed by atoms with E-state index in [2.05, 4.69) is 21.3 Å². The van der Waals surface area contributed by atoms with Gasteiger partial charge in [-0.05, 0) is 55.2 Å². The fraction of sp³-hybridized carbons (Fsp3) is 0.353. The van der Waals surface area contributed by atoms with Crippen LogP contribution in [0.4, 0.5) is 0 Å². The van der Waals surface area contributed by atoms with Crippen LogP contribution in [0, 0.1) is 0 Å². The van der Waals surface area contributed by atoms with Crippen molar-refractivity contribution in [2.45, 2.75) is 44.7 Å². The Morgan fingerprint density at radius 1 is 0.956 bits per heavy atom. The second kappa shape index (κ2) is 16.7. The second-order valence-electron chi connectivity index (χ2n) is 10.5. The molecule has 4 N–H and O–H groups in total. The Hall–Kier alpha value is -5.06. The maximum atomic E-state index is 13.4. The van der Waals surface area contributed by atoms with Crippen molar-refractivity contribution in [3.05, 3.63) is 89.5 Å². The van der Waals surface area contributed by atoms with Gasteiger partial charge in [0.25, 0.3) is 5.91 Å². The van der Waals surface area contributed by atoms with E-state index in [-0.39, 0.29) is 37.5 Å². The van der Waals surface area contributed by atoms with E-state index in [0.717, 1.165) is 11.1 Å². The van der Waals surface area contributed by atoms with Gasteiger partial charge >= 0.3 is 0 Å². The second-order valence-corrected chi connectivity index (χ2v) is 10.5. The van der Waals surface area contributed by atoms with Gasteiger partial charge in [0.15, 0.2) is 11.5 Å². The van der Waals surface area contributed by atoms with Gasteiger partial charge < -0.3 is 35.5 Å². The van der Waals surface area contributed by atoms with Crippen LogP contribution in [0.1, 0.15) is 41.3 Å². The van der Waals surface area contributed by atoms with Crippen molar-refractivity contribution >= 4 is 23.6 Å². The molecule has 0 bridgehead atoms. The largest absolute Gasteiger partial charge is 0.493 e. The standard InChI is InChI=1S/C34H40N4O7/c1-3-44-29-16-15-24(21-30(29)43-2)12-9-17-35-34(42)27-22-31(39)37-26(20-23-10-5-4-6-11-23)33(41)36-18-19-45-28-14-8-7-13-25(28)32(40)38-27/h4-8,10-11,13-16,21,26-27H,3,9,12,17-20,22H2,1-2H3,(H,35,42)(H,36,41)(H,37,39)(H,38,40)/t26-,27-/m0/s1. The molecule has 1 aliphatic heterocycles. The number of carbonyl (C=O) groups is 4. The summed E-state index contributed by atoms with van der Waals surface area (Å²) < 4.78 is 16.8. The molecular weight excluding hydrogens is 576 g/mol. The van der Waals surface area contributed by atoms with Crippen molar-refractivity contribution in [1.29, 1.82) is 0 Å². The molecule has 0 radical (unpaired) electrons. The first-order valence-corrected chi connectivity index (χ1v) is 15.1. The third-order valence-corrected chi connectivity index (χ3v) is 7.21. The maximum absolute atomic E-state index is 13.4. The van der Waals surface area contributed by atoms with Crippen molar-refractivity contribution < 1.29 is 33.4 Å². The van der Waals surface area contributed by atoms with Crippen LogP contribution in [0.5, 0.6) is 17.2 Å². The van der Waals surface area contributed by atoms with Crippen LogP contribution in [0.3, 0.4) is 0 Å². The van der Waals surface area contributed by atoms with Gasteiger partial charge in [0.1, 0.15) is 24.4 Å². The van der Waals surface area contributed by atoms with Crippen LogP contribution in [0.25, 0.3) is 0 Å². The van der Waals surface area contributed by atoms with E-state index in [1.807, 2.05) is 55.5 Å². The molecule has 11 heteroatoms. The van der Waals surface area contributed by atoms with Crippen molar-refractivity contribution in [1.82, 2.24) is 21.3 Å². The molecule has 0 fully saturated rings. The zero-order valence-electron chi connectivity index (χ0n) is 25.6. The number of hydrogen-bond donors (Lipinski definition) is 4. The van der Waals surface area contributed by atoms with Gasteiger partial charge in [-0.2, -0.15) is 0 Å². The van der Waals surface area contributed by atoms with E-state index in [9.17, 15) is 19.2 Å². The predicted molar refractivity (Wildman–Crippen MR) is 168 cm³/mol. The molecular formula is C34H40N4O7. The number of amides is 4. The van der Waals surface area contributed by atoms with Gasteiger partial charge in [0.2, 0.25) is 17.7 Å². The van der Waals surface area contributed by atoms with E-state index in [4.69, 9.17) is 14.2 Å². The van der Waals surface area contributed by atoms with Gasteiger partial charge in [0, 0.05) is 13.0 Å². The van der Waals surface area contributed by atoms with Crippen LogP contribution in [0.15, 0.2) is 72.8 Å². The van der Waals surface area contributed by atoms with Crippen LogP contribution in [-0.2, 0) is 27.2 Å². The number of para-hydroxylation sites is 1. The highest BCUT2D eigenvalue weighted by molar-refractivity contribution is 6.01. The summed E-state index contributed by atoms with van der Waals surface area (Å²) >= 11 is 0. The molecule has 4 rings (SSSR count). The Balaban J connectivity index is 1.46. The first-order chi connectivity index (χ1) is 21.9. The molecule has 3 aromatic rings. The summed E-state index contributed by atoms with van der Waals surface area (Å²) in [5, 5.41) is 11.1. The monoisotopic (exact) mass is 616 g/mol. The van der Waals surface area contributed by atoms with Crippen molar-refractivity contribution in [2.75, 3.05) is 33.4 Å². The number of carbonyl (C=O) groups excluding carboxylic acids is 4. The minimum atomic E-state index is -1.19. The number of hydrogen-bond acceptors (Lipinski definition) is 7. The fourth-order valence-electron chi connectivity index (χ4n) is 4.95. The quantitative estimate of drug-likeness (QED) is 0.256. The van der Waals surface area contributed by atoms with Gasteiger partial charge in [-0.3, -0.25) is 19.2 Å². The van der Waals surface area contributed by atoms with E-state index in [0.29, 0.717) is 43.2 Å². The smallest absolute Gasteiger partial charge is 0.255 e. The fourth-order valence-corrected chi connectivity index (χ4v) is 4.95. The SMILES string of the molecule is CCOc1ccc(CCCNC(=O)[C@@H]2CC(=O)N[C@@H](Cc3ccccc3)C(=O)NCCOc3ccccc3C(=O)N2)cc1OC. The molecule has 238 valence electrons. The highest BCUT2D eigenvalue weighted by Crippen LogP contribution is 2.28. The summed E-state index contributed by atoms with van der Waals surface area (Å²) in [7, 11) is 1.58. The molecule has 3 aromatic carbocycles. The average Bonchev–Trinajstić information content (AvgIpc) is 3.05. The summed E-state index contributed by atoms with van der Waals surface area (Å²) in [6.45, 7) is 3.01. The average molecular weight is 617 g/mol. The molecule has 4 amide bonds. The number of rotatable bonds is 10. The van der Waals surface area contributed by atoms with Crippen molar-refractivity contribution in [3.8, 4) is 17.2 Å². The lowest BCUT2D eigenvalue weighted by atomic mass is 10.0. The lowest BCUT2D eigenvalue weighted by Crippen LogP contribution is -2.53. The topological polar surface area (TPSA) is 144 Å². The summed E-state index contributed by atoms with van der Waals surface area (Å²) in [4.78, 5) is 53.0. The normalized spacial score (nSPS) is 17.3. The number of fused-ring (bicyclic) bond motifs is 1. The third kappa shape index (κ3) is 9.72. The molecule has 1 heterocycles. The lowest BCUT2D eigenvalue weighted by molar-refractivity contribution is -0.131. The first-order valence-electron chi connectivity index (χ1n) is 15.1. The predicted octanol–water partition coefficient (Wildman–Crippen LogP) is 2.57. The number of methoxy groups -OCH3 is 1. The van der Waals surface area contributed by atoms with Gasteiger partial charge in [-0.15, -0.1) is 0 Å². The van der Waals surface area contributed by atoms with Crippen LogP contribution in [0.2, 0.25) is 0 Å². The van der Waals surface area contributed by atoms with Crippen LogP contribution < -0.4 is 35.5 Å². The Morgan fingerprint density at radius 2 is 1.73 bits per heavy atom.